The van der Waals surface area contributed by atoms with E-state index in [2.05, 4.69) is 16.3 Å². The molecule has 1 aromatic carbocycles. The lowest BCUT2D eigenvalue weighted by Crippen LogP contribution is -2.28. The van der Waals surface area contributed by atoms with Crippen LogP contribution in [-0.2, 0) is 6.42 Å². The van der Waals surface area contributed by atoms with Crippen molar-refractivity contribution in [1.29, 1.82) is 5.26 Å². The highest BCUT2D eigenvalue weighted by Gasteiger charge is 2.22. The SMILES string of the molecule is CN(CCCc1[nH]nc(N)c1C#N)C(=O)c1cn(-c2ccccc2)nc1-c1cccs1. The van der Waals surface area contributed by atoms with Gasteiger partial charge in [-0.25, -0.2) is 4.68 Å². The second kappa shape index (κ2) is 8.85. The summed E-state index contributed by atoms with van der Waals surface area (Å²) in [4.78, 5) is 15.9. The van der Waals surface area contributed by atoms with E-state index in [1.165, 1.54) is 0 Å². The van der Waals surface area contributed by atoms with Gasteiger partial charge in [0.1, 0.15) is 17.3 Å². The van der Waals surface area contributed by atoms with Gasteiger partial charge in [-0.15, -0.1) is 11.3 Å². The summed E-state index contributed by atoms with van der Waals surface area (Å²) in [5.41, 5.74) is 8.86. The zero-order valence-electron chi connectivity index (χ0n) is 16.9. The number of aromatic nitrogens is 4. The molecular formula is C22H21N7OS. The number of para-hydroxylation sites is 1. The first-order valence-corrected chi connectivity index (χ1v) is 10.6. The number of thiophene rings is 1. The van der Waals surface area contributed by atoms with E-state index in [-0.39, 0.29) is 11.7 Å². The molecule has 0 aliphatic carbocycles. The highest BCUT2D eigenvalue weighted by Crippen LogP contribution is 2.28. The average molecular weight is 432 g/mol. The summed E-state index contributed by atoms with van der Waals surface area (Å²) in [6, 6.07) is 15.7. The zero-order chi connectivity index (χ0) is 21.8. The van der Waals surface area contributed by atoms with Crippen molar-refractivity contribution in [3.8, 4) is 22.3 Å². The van der Waals surface area contributed by atoms with Crippen LogP contribution in [0.2, 0.25) is 0 Å². The van der Waals surface area contributed by atoms with Gasteiger partial charge in [0.05, 0.1) is 21.8 Å². The smallest absolute Gasteiger partial charge is 0.257 e. The molecule has 9 heteroatoms. The van der Waals surface area contributed by atoms with Crippen molar-refractivity contribution < 1.29 is 4.79 Å². The number of carbonyl (C=O) groups excluding carboxylic acids is 1. The van der Waals surface area contributed by atoms with Crippen molar-refractivity contribution in [2.24, 2.45) is 0 Å². The van der Waals surface area contributed by atoms with Crippen molar-refractivity contribution >= 4 is 23.1 Å². The first-order valence-electron chi connectivity index (χ1n) is 9.75. The number of nitrogen functional groups attached to an aromatic ring is 1. The Hall–Kier alpha value is -3.90. The number of carbonyl (C=O) groups is 1. The summed E-state index contributed by atoms with van der Waals surface area (Å²) in [5, 5.41) is 22.5. The summed E-state index contributed by atoms with van der Waals surface area (Å²) >= 11 is 1.55. The largest absolute Gasteiger partial charge is 0.381 e. The number of anilines is 1. The molecular weight excluding hydrogens is 410 g/mol. The Morgan fingerprint density at radius 2 is 2.10 bits per heavy atom. The van der Waals surface area contributed by atoms with Crippen LogP contribution in [0, 0.1) is 11.3 Å². The molecule has 0 aliphatic rings. The quantitative estimate of drug-likeness (QED) is 0.465. The van der Waals surface area contributed by atoms with Gasteiger partial charge in [0.2, 0.25) is 0 Å². The van der Waals surface area contributed by atoms with Crippen molar-refractivity contribution in [3.05, 3.63) is 70.9 Å². The molecule has 4 aromatic rings. The van der Waals surface area contributed by atoms with Gasteiger partial charge in [0.25, 0.3) is 5.91 Å². The average Bonchev–Trinajstić information content (AvgIpc) is 3.53. The highest BCUT2D eigenvalue weighted by atomic mass is 32.1. The van der Waals surface area contributed by atoms with Gasteiger partial charge >= 0.3 is 0 Å². The third kappa shape index (κ3) is 4.20. The molecule has 0 spiro atoms. The van der Waals surface area contributed by atoms with E-state index in [9.17, 15) is 10.1 Å². The molecule has 0 fully saturated rings. The molecule has 0 atom stereocenters. The Morgan fingerprint density at radius 1 is 1.29 bits per heavy atom. The van der Waals surface area contributed by atoms with Crippen molar-refractivity contribution in [1.82, 2.24) is 24.9 Å². The number of aryl methyl sites for hydroxylation is 1. The number of hydrogen-bond acceptors (Lipinski definition) is 6. The molecule has 3 N–H and O–H groups in total. The first kappa shape index (κ1) is 20.4. The molecule has 31 heavy (non-hydrogen) atoms. The Labute approximate surface area is 183 Å². The van der Waals surface area contributed by atoms with E-state index < -0.39 is 0 Å². The summed E-state index contributed by atoms with van der Waals surface area (Å²) in [6.45, 7) is 0.517. The van der Waals surface area contributed by atoms with Gasteiger partial charge in [-0.1, -0.05) is 24.3 Å². The van der Waals surface area contributed by atoms with E-state index >= 15 is 0 Å². The van der Waals surface area contributed by atoms with E-state index in [0.717, 1.165) is 10.6 Å². The van der Waals surface area contributed by atoms with Crippen molar-refractivity contribution in [3.63, 3.8) is 0 Å². The summed E-state index contributed by atoms with van der Waals surface area (Å²) in [6.07, 6.45) is 3.03. The summed E-state index contributed by atoms with van der Waals surface area (Å²) in [5.74, 6) is 0.103. The molecule has 156 valence electrons. The molecule has 3 aromatic heterocycles. The van der Waals surface area contributed by atoms with E-state index in [1.54, 1.807) is 34.2 Å². The lowest BCUT2D eigenvalue weighted by atomic mass is 10.1. The van der Waals surface area contributed by atoms with Gasteiger partial charge in [0.15, 0.2) is 5.82 Å². The summed E-state index contributed by atoms with van der Waals surface area (Å²) in [7, 11) is 1.77. The fraction of sp³-hybridized carbons (Fsp3) is 0.182. The second-order valence-electron chi connectivity index (χ2n) is 7.05. The van der Waals surface area contributed by atoms with Gasteiger partial charge in [0, 0.05) is 19.8 Å². The van der Waals surface area contributed by atoms with Crippen LogP contribution in [0.1, 0.15) is 28.0 Å². The van der Waals surface area contributed by atoms with Crippen LogP contribution in [-0.4, -0.2) is 44.4 Å². The fourth-order valence-electron chi connectivity index (χ4n) is 3.34. The minimum Gasteiger partial charge on any atom is -0.381 e. The van der Waals surface area contributed by atoms with Gasteiger partial charge in [-0.3, -0.25) is 9.89 Å². The van der Waals surface area contributed by atoms with Gasteiger partial charge in [-0.2, -0.15) is 15.5 Å². The fourth-order valence-corrected chi connectivity index (χ4v) is 4.06. The molecule has 0 saturated carbocycles. The normalized spacial score (nSPS) is 10.7. The second-order valence-corrected chi connectivity index (χ2v) is 8.00. The molecule has 0 aliphatic heterocycles. The predicted octanol–water partition coefficient (Wildman–Crippen LogP) is 3.48. The van der Waals surface area contributed by atoms with E-state index in [4.69, 9.17) is 10.8 Å². The maximum absolute atomic E-state index is 13.3. The maximum Gasteiger partial charge on any atom is 0.257 e. The number of rotatable bonds is 7. The van der Waals surface area contributed by atoms with Crippen molar-refractivity contribution in [2.45, 2.75) is 12.8 Å². The minimum absolute atomic E-state index is 0.102. The van der Waals surface area contributed by atoms with Crippen LogP contribution in [0.5, 0.6) is 0 Å². The number of nitrogens with two attached hydrogens (primary N) is 1. The lowest BCUT2D eigenvalue weighted by Gasteiger charge is -2.16. The number of H-pyrrole nitrogens is 1. The Kier molecular flexibility index (Phi) is 5.82. The third-order valence-corrected chi connectivity index (χ3v) is 5.84. The lowest BCUT2D eigenvalue weighted by molar-refractivity contribution is 0.0794. The highest BCUT2D eigenvalue weighted by molar-refractivity contribution is 7.13. The molecule has 0 radical (unpaired) electrons. The van der Waals surface area contributed by atoms with Crippen LogP contribution >= 0.6 is 11.3 Å². The number of nitrogens with one attached hydrogen (secondary N) is 1. The molecule has 8 nitrogen and oxygen atoms in total. The number of nitrogens with zero attached hydrogens (tertiary/aromatic N) is 5. The van der Waals surface area contributed by atoms with Crippen LogP contribution in [0.15, 0.2) is 54.0 Å². The number of hydrogen-bond donors (Lipinski definition) is 2. The number of aromatic amines is 1. The monoisotopic (exact) mass is 431 g/mol. The predicted molar refractivity (Wildman–Crippen MR) is 120 cm³/mol. The van der Waals surface area contributed by atoms with Crippen LogP contribution in [0.4, 0.5) is 5.82 Å². The minimum atomic E-state index is -0.102. The molecule has 1 amide bonds. The topological polar surface area (TPSA) is 117 Å². The third-order valence-electron chi connectivity index (χ3n) is 4.97. The van der Waals surface area contributed by atoms with E-state index in [1.807, 2.05) is 47.8 Å². The van der Waals surface area contributed by atoms with Crippen LogP contribution in [0.3, 0.4) is 0 Å². The van der Waals surface area contributed by atoms with Crippen molar-refractivity contribution in [2.75, 3.05) is 19.3 Å². The van der Waals surface area contributed by atoms with Crippen LogP contribution in [0.25, 0.3) is 16.3 Å². The number of nitriles is 1. The number of benzene rings is 1. The maximum atomic E-state index is 13.3. The number of amides is 1. The van der Waals surface area contributed by atoms with Gasteiger partial charge < -0.3 is 10.6 Å². The van der Waals surface area contributed by atoms with Gasteiger partial charge in [-0.05, 0) is 36.4 Å². The first-order chi connectivity index (χ1) is 15.1. The standard InChI is InChI=1S/C22H21N7OS/c1-28(11-5-9-18-16(13-23)21(24)26-25-18)22(30)17-14-29(15-7-3-2-4-8-15)27-20(17)19-10-6-12-31-19/h2-4,6-8,10,12,14H,5,9,11H2,1H3,(H3,24,25,26). The Morgan fingerprint density at radius 3 is 2.81 bits per heavy atom. The molecule has 0 unspecified atom stereocenters. The molecule has 4 rings (SSSR count). The molecule has 3 heterocycles. The van der Waals surface area contributed by atoms with E-state index in [0.29, 0.717) is 41.9 Å². The zero-order valence-corrected chi connectivity index (χ0v) is 17.8. The summed E-state index contributed by atoms with van der Waals surface area (Å²) < 4.78 is 1.74. The Bertz CT molecular complexity index is 1220. The van der Waals surface area contributed by atoms with Crippen LogP contribution < -0.4 is 5.73 Å². The Balaban J connectivity index is 1.53. The molecule has 0 saturated heterocycles. The molecule has 0 bridgehead atoms.